The maximum Gasteiger partial charge on any atom is 0.125 e. The zero-order valence-corrected chi connectivity index (χ0v) is 12.2. The fourth-order valence-corrected chi connectivity index (χ4v) is 1.63. The molecule has 0 saturated carbocycles. The molecule has 0 bridgehead atoms. The number of methoxy groups -OCH3 is 1. The molecule has 5 nitrogen and oxygen atoms in total. The highest BCUT2D eigenvalue weighted by Crippen LogP contribution is 2.24. The summed E-state index contributed by atoms with van der Waals surface area (Å²) < 4.78 is 21.1. The predicted octanol–water partition coefficient (Wildman–Crippen LogP) is 1.80. The van der Waals surface area contributed by atoms with E-state index in [1.807, 2.05) is 24.3 Å². The van der Waals surface area contributed by atoms with E-state index < -0.39 is 6.10 Å². The zero-order valence-electron chi connectivity index (χ0n) is 12.2. The van der Waals surface area contributed by atoms with Crippen molar-refractivity contribution in [2.45, 2.75) is 13.0 Å². The molecule has 0 aromatic heterocycles. The third-order valence-corrected chi connectivity index (χ3v) is 2.66. The van der Waals surface area contributed by atoms with Crippen molar-refractivity contribution in [3.05, 3.63) is 29.8 Å². The van der Waals surface area contributed by atoms with Crippen LogP contribution >= 0.6 is 0 Å². The van der Waals surface area contributed by atoms with E-state index in [1.54, 1.807) is 14.0 Å². The van der Waals surface area contributed by atoms with Crippen molar-refractivity contribution in [2.24, 2.45) is 0 Å². The van der Waals surface area contributed by atoms with Gasteiger partial charge >= 0.3 is 0 Å². The van der Waals surface area contributed by atoms with Gasteiger partial charge in [-0.3, -0.25) is 0 Å². The van der Waals surface area contributed by atoms with E-state index >= 15 is 0 Å². The molecule has 0 radical (unpaired) electrons. The molecule has 0 aliphatic rings. The Labute approximate surface area is 120 Å². The average molecular weight is 284 g/mol. The lowest BCUT2D eigenvalue weighted by Crippen LogP contribution is -2.13. The molecule has 1 atom stereocenters. The fraction of sp³-hybridized carbons (Fsp3) is 0.600. The maximum absolute atomic E-state index is 9.61. The van der Waals surface area contributed by atoms with Crippen LogP contribution in [0.4, 0.5) is 0 Å². The first-order valence-electron chi connectivity index (χ1n) is 6.80. The van der Waals surface area contributed by atoms with Crippen molar-refractivity contribution in [1.29, 1.82) is 0 Å². The number of benzene rings is 1. The predicted molar refractivity (Wildman–Crippen MR) is 76.1 cm³/mol. The molecule has 20 heavy (non-hydrogen) atoms. The Kier molecular flexibility index (Phi) is 8.98. The minimum atomic E-state index is -0.540. The topological polar surface area (TPSA) is 57.2 Å². The summed E-state index contributed by atoms with van der Waals surface area (Å²) in [5.41, 5.74) is 0.787. The van der Waals surface area contributed by atoms with E-state index in [9.17, 15) is 5.11 Å². The minimum absolute atomic E-state index is 0.446. The van der Waals surface area contributed by atoms with Crippen LogP contribution < -0.4 is 4.74 Å². The van der Waals surface area contributed by atoms with Crippen LogP contribution in [0.15, 0.2) is 24.3 Å². The summed E-state index contributed by atoms with van der Waals surface area (Å²) in [5.74, 6) is 0.697. The van der Waals surface area contributed by atoms with Gasteiger partial charge in [-0.25, -0.2) is 0 Å². The van der Waals surface area contributed by atoms with Gasteiger partial charge in [0.1, 0.15) is 12.4 Å². The van der Waals surface area contributed by atoms with Gasteiger partial charge in [-0.15, -0.1) is 0 Å². The summed E-state index contributed by atoms with van der Waals surface area (Å²) in [6.45, 7) is 4.91. The molecule has 0 heterocycles. The molecule has 0 aliphatic heterocycles. The van der Waals surface area contributed by atoms with Crippen molar-refractivity contribution in [3.63, 3.8) is 0 Å². The van der Waals surface area contributed by atoms with E-state index in [2.05, 4.69) is 0 Å². The molecular formula is C15H24O5. The van der Waals surface area contributed by atoms with Crippen LogP contribution in [0, 0.1) is 0 Å². The molecule has 114 valence electrons. The smallest absolute Gasteiger partial charge is 0.125 e. The maximum atomic E-state index is 9.61. The number of aliphatic hydroxyl groups is 1. The second-order valence-electron chi connectivity index (χ2n) is 4.28. The SMILES string of the molecule is COCCOCCOCCOc1ccccc1[C@H](C)O. The van der Waals surface area contributed by atoms with Gasteiger partial charge in [-0.2, -0.15) is 0 Å². The minimum Gasteiger partial charge on any atom is -0.491 e. The summed E-state index contributed by atoms with van der Waals surface area (Å²) in [6, 6.07) is 7.45. The number of rotatable bonds is 11. The first-order valence-corrected chi connectivity index (χ1v) is 6.80. The molecule has 0 fully saturated rings. The Morgan fingerprint density at radius 2 is 1.55 bits per heavy atom. The Balaban J connectivity index is 2.10. The summed E-state index contributed by atoms with van der Waals surface area (Å²) in [4.78, 5) is 0. The Morgan fingerprint density at radius 1 is 0.950 bits per heavy atom. The number of hydrogen-bond acceptors (Lipinski definition) is 5. The Morgan fingerprint density at radius 3 is 2.20 bits per heavy atom. The van der Waals surface area contributed by atoms with Crippen LogP contribution in [0.1, 0.15) is 18.6 Å². The van der Waals surface area contributed by atoms with Crippen LogP contribution in [-0.4, -0.2) is 51.9 Å². The molecule has 0 aliphatic carbocycles. The summed E-state index contributed by atoms with van der Waals surface area (Å²) in [5, 5.41) is 9.61. The highest BCUT2D eigenvalue weighted by molar-refractivity contribution is 5.34. The van der Waals surface area contributed by atoms with Gasteiger partial charge in [0.25, 0.3) is 0 Å². The molecule has 0 saturated heterocycles. The fourth-order valence-electron chi connectivity index (χ4n) is 1.63. The normalized spacial score (nSPS) is 12.3. The average Bonchev–Trinajstić information content (AvgIpc) is 2.46. The summed E-state index contributed by atoms with van der Waals surface area (Å²) in [7, 11) is 1.64. The van der Waals surface area contributed by atoms with Crippen molar-refractivity contribution in [1.82, 2.24) is 0 Å². The van der Waals surface area contributed by atoms with Crippen molar-refractivity contribution < 1.29 is 24.1 Å². The van der Waals surface area contributed by atoms with Gasteiger partial charge in [-0.05, 0) is 13.0 Å². The van der Waals surface area contributed by atoms with E-state index in [-0.39, 0.29) is 0 Å². The van der Waals surface area contributed by atoms with Gasteiger partial charge in [-0.1, -0.05) is 18.2 Å². The number of aliphatic hydroxyl groups excluding tert-OH is 1. The van der Waals surface area contributed by atoms with Crippen LogP contribution in [0.3, 0.4) is 0 Å². The quantitative estimate of drug-likeness (QED) is 0.628. The highest BCUT2D eigenvalue weighted by Gasteiger charge is 2.07. The van der Waals surface area contributed by atoms with Crippen LogP contribution in [0.2, 0.25) is 0 Å². The standard InChI is InChI=1S/C15H24O5/c1-13(16)14-5-3-4-6-15(14)20-12-11-19-10-9-18-8-7-17-2/h3-6,13,16H,7-12H2,1-2H3/t13-/m0/s1. The third-order valence-electron chi connectivity index (χ3n) is 2.66. The van der Waals surface area contributed by atoms with Crippen LogP contribution in [-0.2, 0) is 14.2 Å². The lowest BCUT2D eigenvalue weighted by Gasteiger charge is -2.13. The lowest BCUT2D eigenvalue weighted by molar-refractivity contribution is 0.0177. The highest BCUT2D eigenvalue weighted by atomic mass is 16.6. The van der Waals surface area contributed by atoms with Crippen LogP contribution in [0.5, 0.6) is 5.75 Å². The van der Waals surface area contributed by atoms with Gasteiger partial charge in [0.2, 0.25) is 0 Å². The number of hydrogen-bond donors (Lipinski definition) is 1. The van der Waals surface area contributed by atoms with Gasteiger partial charge in [0, 0.05) is 12.7 Å². The van der Waals surface area contributed by atoms with E-state index in [1.165, 1.54) is 0 Å². The van der Waals surface area contributed by atoms with E-state index in [4.69, 9.17) is 18.9 Å². The van der Waals surface area contributed by atoms with E-state index in [0.29, 0.717) is 45.4 Å². The second-order valence-corrected chi connectivity index (χ2v) is 4.28. The molecular weight excluding hydrogens is 260 g/mol. The third kappa shape index (κ3) is 6.86. The van der Waals surface area contributed by atoms with Gasteiger partial charge < -0.3 is 24.1 Å². The Hall–Kier alpha value is -1.14. The zero-order chi connectivity index (χ0) is 14.6. The molecule has 0 amide bonds. The van der Waals surface area contributed by atoms with Crippen molar-refractivity contribution >= 4 is 0 Å². The second kappa shape index (κ2) is 10.6. The number of ether oxygens (including phenoxy) is 4. The Bertz CT molecular complexity index is 354. The van der Waals surface area contributed by atoms with Gasteiger partial charge in [0.05, 0.1) is 39.1 Å². The van der Waals surface area contributed by atoms with Crippen molar-refractivity contribution in [2.75, 3.05) is 46.8 Å². The molecule has 1 aromatic carbocycles. The first-order chi connectivity index (χ1) is 9.75. The molecule has 1 aromatic rings. The van der Waals surface area contributed by atoms with E-state index in [0.717, 1.165) is 5.56 Å². The summed E-state index contributed by atoms with van der Waals surface area (Å²) in [6.07, 6.45) is -0.540. The monoisotopic (exact) mass is 284 g/mol. The van der Waals surface area contributed by atoms with Crippen molar-refractivity contribution in [3.8, 4) is 5.75 Å². The molecule has 1 rings (SSSR count). The largest absolute Gasteiger partial charge is 0.491 e. The summed E-state index contributed by atoms with van der Waals surface area (Å²) >= 11 is 0. The molecule has 1 N–H and O–H groups in total. The molecule has 0 unspecified atom stereocenters. The molecule has 0 spiro atoms. The lowest BCUT2D eigenvalue weighted by atomic mass is 10.1. The number of para-hydroxylation sites is 1. The van der Waals surface area contributed by atoms with Crippen LogP contribution in [0.25, 0.3) is 0 Å². The molecule has 5 heteroatoms. The van der Waals surface area contributed by atoms with Gasteiger partial charge in [0.15, 0.2) is 0 Å². The first kappa shape index (κ1) is 16.9.